The standard InChI is InChI=1S/C17H28N4O2S2.HI/c1-2-18-17(19-12-15-5-11-25(22,23)14-15)21-8-6-20(7-9-21)13-16-4-3-10-24-16;/h3-4,10,15H,2,5-9,11-14H2,1H3,(H,18,19);1H. The molecule has 0 bridgehead atoms. The Hall–Kier alpha value is -0.390. The van der Waals surface area contributed by atoms with Gasteiger partial charge in [0, 0.05) is 50.7 Å². The molecule has 1 aromatic rings. The number of thiophene rings is 1. The van der Waals surface area contributed by atoms with Crippen LogP contribution in [0.25, 0.3) is 0 Å². The van der Waals surface area contributed by atoms with Gasteiger partial charge in [-0.05, 0) is 30.7 Å². The first kappa shape index (κ1) is 21.9. The Morgan fingerprint density at radius 2 is 2.12 bits per heavy atom. The molecule has 0 radical (unpaired) electrons. The van der Waals surface area contributed by atoms with Gasteiger partial charge in [-0.25, -0.2) is 8.42 Å². The van der Waals surface area contributed by atoms with E-state index in [1.165, 1.54) is 4.88 Å². The van der Waals surface area contributed by atoms with E-state index in [-0.39, 0.29) is 29.9 Å². The average Bonchev–Trinajstić information content (AvgIpc) is 3.21. The van der Waals surface area contributed by atoms with Crippen LogP contribution in [-0.2, 0) is 16.4 Å². The Bertz CT molecular complexity index is 671. The minimum absolute atomic E-state index is 0. The Balaban J connectivity index is 0.00000243. The van der Waals surface area contributed by atoms with Gasteiger partial charge >= 0.3 is 0 Å². The summed E-state index contributed by atoms with van der Waals surface area (Å²) >= 11 is 1.81. The van der Waals surface area contributed by atoms with Gasteiger partial charge in [0.05, 0.1) is 11.5 Å². The number of piperazine rings is 1. The predicted molar refractivity (Wildman–Crippen MR) is 119 cm³/mol. The van der Waals surface area contributed by atoms with E-state index < -0.39 is 9.84 Å². The fraction of sp³-hybridized carbons (Fsp3) is 0.706. The molecule has 3 heterocycles. The highest BCUT2D eigenvalue weighted by molar-refractivity contribution is 14.0. The second-order valence-electron chi connectivity index (χ2n) is 6.81. The average molecular weight is 512 g/mol. The zero-order valence-corrected chi connectivity index (χ0v) is 19.2. The van der Waals surface area contributed by atoms with Crippen molar-refractivity contribution in [2.45, 2.75) is 19.9 Å². The van der Waals surface area contributed by atoms with Crippen molar-refractivity contribution in [3.63, 3.8) is 0 Å². The van der Waals surface area contributed by atoms with Gasteiger partial charge in [0.15, 0.2) is 15.8 Å². The van der Waals surface area contributed by atoms with Crippen molar-refractivity contribution in [1.29, 1.82) is 0 Å². The fourth-order valence-corrected chi connectivity index (χ4v) is 5.99. The van der Waals surface area contributed by atoms with Crippen LogP contribution < -0.4 is 5.32 Å². The molecular weight excluding hydrogens is 483 g/mol. The van der Waals surface area contributed by atoms with Crippen LogP contribution in [0, 0.1) is 5.92 Å². The SMILES string of the molecule is CCNC(=NCC1CCS(=O)(=O)C1)N1CCN(Cc2cccs2)CC1.I. The van der Waals surface area contributed by atoms with Crippen molar-refractivity contribution in [3.8, 4) is 0 Å². The van der Waals surface area contributed by atoms with Crippen LogP contribution in [0.3, 0.4) is 0 Å². The van der Waals surface area contributed by atoms with Crippen LogP contribution >= 0.6 is 35.3 Å². The van der Waals surface area contributed by atoms with Crippen LogP contribution in [0.4, 0.5) is 0 Å². The third kappa shape index (κ3) is 6.35. The smallest absolute Gasteiger partial charge is 0.194 e. The number of nitrogens with one attached hydrogen (secondary N) is 1. The molecule has 1 unspecified atom stereocenters. The van der Waals surface area contributed by atoms with E-state index in [9.17, 15) is 8.42 Å². The maximum Gasteiger partial charge on any atom is 0.194 e. The summed E-state index contributed by atoms with van der Waals surface area (Å²) in [7, 11) is -2.82. The molecule has 3 rings (SSSR count). The number of halogens is 1. The quantitative estimate of drug-likeness (QED) is 0.371. The van der Waals surface area contributed by atoms with Crippen molar-refractivity contribution in [2.75, 3.05) is 50.8 Å². The molecule has 1 aromatic heterocycles. The van der Waals surface area contributed by atoms with Crippen LogP contribution in [0.15, 0.2) is 22.5 Å². The van der Waals surface area contributed by atoms with Gasteiger partial charge in [0.1, 0.15) is 0 Å². The molecule has 2 fully saturated rings. The second-order valence-corrected chi connectivity index (χ2v) is 10.1. The molecule has 1 atom stereocenters. The summed E-state index contributed by atoms with van der Waals surface area (Å²) in [6, 6.07) is 4.30. The highest BCUT2D eigenvalue weighted by atomic mass is 127. The van der Waals surface area contributed by atoms with Gasteiger partial charge < -0.3 is 10.2 Å². The molecule has 148 valence electrons. The summed E-state index contributed by atoms with van der Waals surface area (Å²) in [4.78, 5) is 10.9. The first-order valence-corrected chi connectivity index (χ1v) is 11.7. The summed E-state index contributed by atoms with van der Waals surface area (Å²) in [6.45, 7) is 8.51. The number of hydrogen-bond acceptors (Lipinski definition) is 5. The molecule has 0 aromatic carbocycles. The Morgan fingerprint density at radius 3 is 2.69 bits per heavy atom. The summed E-state index contributed by atoms with van der Waals surface area (Å²) in [5.41, 5.74) is 0. The van der Waals surface area contributed by atoms with Crippen LogP contribution in [0.2, 0.25) is 0 Å². The first-order valence-electron chi connectivity index (χ1n) is 9.04. The number of rotatable bonds is 5. The Kier molecular flexibility index (Phi) is 8.62. The lowest BCUT2D eigenvalue weighted by atomic mass is 10.1. The minimum Gasteiger partial charge on any atom is -0.357 e. The molecular formula is C17H29IN4O2S2. The van der Waals surface area contributed by atoms with E-state index in [2.05, 4.69) is 39.6 Å². The fourth-order valence-electron chi connectivity index (χ4n) is 3.40. The molecule has 26 heavy (non-hydrogen) atoms. The molecule has 6 nitrogen and oxygen atoms in total. The van der Waals surface area contributed by atoms with E-state index >= 15 is 0 Å². The second kappa shape index (κ2) is 10.2. The molecule has 2 aliphatic rings. The number of sulfone groups is 1. The van der Waals surface area contributed by atoms with E-state index in [1.54, 1.807) is 0 Å². The number of guanidine groups is 1. The monoisotopic (exact) mass is 512 g/mol. The maximum atomic E-state index is 11.6. The van der Waals surface area contributed by atoms with E-state index in [4.69, 9.17) is 4.99 Å². The summed E-state index contributed by atoms with van der Waals surface area (Å²) in [6.07, 6.45) is 0.750. The van der Waals surface area contributed by atoms with Crippen molar-refractivity contribution in [3.05, 3.63) is 22.4 Å². The van der Waals surface area contributed by atoms with Crippen LogP contribution in [-0.4, -0.2) is 75.0 Å². The molecule has 0 aliphatic carbocycles. The summed E-state index contributed by atoms with van der Waals surface area (Å²) in [5.74, 6) is 1.73. The van der Waals surface area contributed by atoms with Crippen molar-refractivity contribution < 1.29 is 8.42 Å². The van der Waals surface area contributed by atoms with Gasteiger partial charge in [-0.1, -0.05) is 6.07 Å². The lowest BCUT2D eigenvalue weighted by Gasteiger charge is -2.36. The number of nitrogens with zero attached hydrogens (tertiary/aromatic N) is 3. The normalized spacial score (nSPS) is 23.7. The highest BCUT2D eigenvalue weighted by Gasteiger charge is 2.28. The maximum absolute atomic E-state index is 11.6. The van der Waals surface area contributed by atoms with Gasteiger partial charge in [-0.15, -0.1) is 35.3 Å². The topological polar surface area (TPSA) is 65.0 Å². The molecule has 0 saturated carbocycles. The van der Waals surface area contributed by atoms with Crippen molar-refractivity contribution >= 4 is 51.1 Å². The Labute approximate surface area is 178 Å². The lowest BCUT2D eigenvalue weighted by Crippen LogP contribution is -2.52. The summed E-state index contributed by atoms with van der Waals surface area (Å²) in [5, 5.41) is 5.50. The molecule has 1 N–H and O–H groups in total. The number of aliphatic imine (C=N–C) groups is 1. The zero-order chi connectivity index (χ0) is 17.7. The minimum atomic E-state index is -2.82. The van der Waals surface area contributed by atoms with E-state index in [1.807, 2.05) is 11.3 Å². The van der Waals surface area contributed by atoms with Crippen molar-refractivity contribution in [1.82, 2.24) is 15.1 Å². The molecule has 0 amide bonds. The van der Waals surface area contributed by atoms with Gasteiger partial charge in [-0.3, -0.25) is 9.89 Å². The van der Waals surface area contributed by atoms with Gasteiger partial charge in [0.2, 0.25) is 0 Å². The van der Waals surface area contributed by atoms with Gasteiger partial charge in [-0.2, -0.15) is 0 Å². The number of hydrogen-bond donors (Lipinski definition) is 1. The third-order valence-electron chi connectivity index (χ3n) is 4.79. The van der Waals surface area contributed by atoms with Crippen molar-refractivity contribution in [2.24, 2.45) is 10.9 Å². The van der Waals surface area contributed by atoms with E-state index in [0.717, 1.165) is 51.6 Å². The van der Waals surface area contributed by atoms with Crippen LogP contribution in [0.1, 0.15) is 18.2 Å². The summed E-state index contributed by atoms with van der Waals surface area (Å²) < 4.78 is 23.2. The van der Waals surface area contributed by atoms with Crippen LogP contribution in [0.5, 0.6) is 0 Å². The molecule has 2 saturated heterocycles. The highest BCUT2D eigenvalue weighted by Crippen LogP contribution is 2.19. The zero-order valence-electron chi connectivity index (χ0n) is 15.3. The van der Waals surface area contributed by atoms with E-state index in [0.29, 0.717) is 18.1 Å². The first-order chi connectivity index (χ1) is 12.1. The predicted octanol–water partition coefficient (Wildman–Crippen LogP) is 1.88. The largest absolute Gasteiger partial charge is 0.357 e. The lowest BCUT2D eigenvalue weighted by molar-refractivity contribution is 0.173. The molecule has 2 aliphatic heterocycles. The third-order valence-corrected chi connectivity index (χ3v) is 7.49. The molecule has 0 spiro atoms. The van der Waals surface area contributed by atoms with Gasteiger partial charge in [0.25, 0.3) is 0 Å². The Morgan fingerprint density at radius 1 is 1.35 bits per heavy atom. The molecule has 9 heteroatoms.